The standard InChI is InChI=1S/C9H24N3O4P/c1-9(11-3,12-4)7-8(10-2)5-6-16-17(13,14)15/h8,10-12H,5-7H2,1-4H3,(H2,13,14,15). The van der Waals surface area contributed by atoms with Gasteiger partial charge >= 0.3 is 7.82 Å². The molecule has 0 rings (SSSR count). The first-order chi connectivity index (χ1) is 7.76. The molecule has 0 saturated heterocycles. The van der Waals surface area contributed by atoms with E-state index in [4.69, 9.17) is 9.79 Å². The molecule has 0 saturated carbocycles. The van der Waals surface area contributed by atoms with Crippen molar-refractivity contribution in [3.8, 4) is 0 Å². The zero-order valence-corrected chi connectivity index (χ0v) is 11.8. The number of hydrogen-bond acceptors (Lipinski definition) is 5. The molecule has 104 valence electrons. The lowest BCUT2D eigenvalue weighted by Gasteiger charge is -2.32. The molecule has 8 heteroatoms. The Balaban J connectivity index is 4.12. The third kappa shape index (κ3) is 7.83. The molecule has 1 atom stereocenters. The minimum absolute atomic E-state index is 0.0271. The van der Waals surface area contributed by atoms with Gasteiger partial charge in [0, 0.05) is 6.04 Å². The highest BCUT2D eigenvalue weighted by molar-refractivity contribution is 7.46. The molecule has 7 nitrogen and oxygen atoms in total. The Hall–Kier alpha value is -0.0100. The van der Waals surface area contributed by atoms with E-state index in [0.29, 0.717) is 6.42 Å². The van der Waals surface area contributed by atoms with E-state index in [0.717, 1.165) is 6.42 Å². The lowest BCUT2D eigenvalue weighted by Crippen LogP contribution is -2.54. The summed E-state index contributed by atoms with van der Waals surface area (Å²) >= 11 is 0. The Morgan fingerprint density at radius 3 is 2.18 bits per heavy atom. The van der Waals surface area contributed by atoms with Crippen molar-refractivity contribution in [1.82, 2.24) is 16.0 Å². The summed E-state index contributed by atoms with van der Waals surface area (Å²) in [5.74, 6) is 0. The summed E-state index contributed by atoms with van der Waals surface area (Å²) in [6.07, 6.45) is 1.29. The predicted molar refractivity (Wildman–Crippen MR) is 66.6 cm³/mol. The van der Waals surface area contributed by atoms with Gasteiger partial charge in [0.05, 0.1) is 12.3 Å². The second-order valence-corrected chi connectivity index (χ2v) is 5.37. The third-order valence-electron chi connectivity index (χ3n) is 2.89. The minimum Gasteiger partial charge on any atom is -0.317 e. The number of phosphoric ester groups is 1. The molecule has 0 fully saturated rings. The Morgan fingerprint density at radius 2 is 1.82 bits per heavy atom. The Kier molecular flexibility index (Phi) is 7.43. The fourth-order valence-corrected chi connectivity index (χ4v) is 1.83. The van der Waals surface area contributed by atoms with Crippen LogP contribution < -0.4 is 16.0 Å². The lowest BCUT2D eigenvalue weighted by molar-refractivity contribution is 0.179. The van der Waals surface area contributed by atoms with Crippen molar-refractivity contribution in [3.63, 3.8) is 0 Å². The molecule has 0 amide bonds. The van der Waals surface area contributed by atoms with Crippen LogP contribution in [0, 0.1) is 0 Å². The van der Waals surface area contributed by atoms with Gasteiger partial charge in [-0.3, -0.25) is 4.52 Å². The minimum atomic E-state index is -4.36. The number of hydrogen-bond donors (Lipinski definition) is 5. The predicted octanol–water partition coefficient (Wildman–Crippen LogP) is -0.381. The average molecular weight is 269 g/mol. The van der Waals surface area contributed by atoms with E-state index in [2.05, 4.69) is 20.5 Å². The largest absolute Gasteiger partial charge is 0.469 e. The first-order valence-electron chi connectivity index (χ1n) is 5.51. The second kappa shape index (κ2) is 7.43. The molecule has 0 radical (unpaired) electrons. The van der Waals surface area contributed by atoms with E-state index in [9.17, 15) is 4.57 Å². The highest BCUT2D eigenvalue weighted by atomic mass is 31.2. The van der Waals surface area contributed by atoms with Crippen LogP contribution >= 0.6 is 7.82 Å². The molecule has 0 aliphatic carbocycles. The maximum Gasteiger partial charge on any atom is 0.469 e. The van der Waals surface area contributed by atoms with Crippen LogP contribution in [0.15, 0.2) is 0 Å². The fourth-order valence-electron chi connectivity index (χ4n) is 1.48. The summed E-state index contributed by atoms with van der Waals surface area (Å²) in [7, 11) is 1.17. The van der Waals surface area contributed by atoms with Crippen LogP contribution in [-0.4, -0.2) is 49.2 Å². The summed E-state index contributed by atoms with van der Waals surface area (Å²) < 4.78 is 15.0. The number of nitrogens with one attached hydrogen (secondary N) is 3. The van der Waals surface area contributed by atoms with Gasteiger partial charge < -0.3 is 25.7 Å². The van der Waals surface area contributed by atoms with E-state index < -0.39 is 7.82 Å². The number of rotatable bonds is 9. The molecule has 0 spiro atoms. The van der Waals surface area contributed by atoms with Crippen molar-refractivity contribution in [2.24, 2.45) is 0 Å². The summed E-state index contributed by atoms with van der Waals surface area (Å²) in [5.41, 5.74) is -0.226. The maximum absolute atomic E-state index is 10.5. The third-order valence-corrected chi connectivity index (χ3v) is 3.41. The molecule has 17 heavy (non-hydrogen) atoms. The summed E-state index contributed by atoms with van der Waals surface area (Å²) in [6, 6.07) is 0.103. The van der Waals surface area contributed by atoms with Crippen LogP contribution in [0.4, 0.5) is 0 Å². The van der Waals surface area contributed by atoms with Gasteiger partial charge in [0.2, 0.25) is 0 Å². The van der Waals surface area contributed by atoms with Crippen LogP contribution in [-0.2, 0) is 9.09 Å². The summed E-state index contributed by atoms with van der Waals surface area (Å²) in [4.78, 5) is 17.1. The Morgan fingerprint density at radius 1 is 1.29 bits per heavy atom. The van der Waals surface area contributed by atoms with Gasteiger partial charge in [0.15, 0.2) is 0 Å². The van der Waals surface area contributed by atoms with Crippen molar-refractivity contribution in [2.45, 2.75) is 31.5 Å². The highest BCUT2D eigenvalue weighted by Crippen LogP contribution is 2.35. The lowest BCUT2D eigenvalue weighted by atomic mass is 10.00. The van der Waals surface area contributed by atoms with E-state index in [1.165, 1.54) is 0 Å². The maximum atomic E-state index is 10.5. The van der Waals surface area contributed by atoms with Crippen molar-refractivity contribution in [1.29, 1.82) is 0 Å². The van der Waals surface area contributed by atoms with Gasteiger partial charge in [-0.25, -0.2) is 4.57 Å². The molecule has 5 N–H and O–H groups in total. The van der Waals surface area contributed by atoms with Crippen LogP contribution in [0.5, 0.6) is 0 Å². The van der Waals surface area contributed by atoms with E-state index >= 15 is 0 Å². The second-order valence-electron chi connectivity index (χ2n) is 4.13. The van der Waals surface area contributed by atoms with Crippen molar-refractivity contribution in [3.05, 3.63) is 0 Å². The van der Waals surface area contributed by atoms with Crippen LogP contribution in [0.3, 0.4) is 0 Å². The first-order valence-corrected chi connectivity index (χ1v) is 7.04. The molecular formula is C9H24N3O4P. The quantitative estimate of drug-likeness (QED) is 0.287. The van der Waals surface area contributed by atoms with Gasteiger partial charge in [0.1, 0.15) is 0 Å². The molecule has 0 aliphatic rings. The first kappa shape index (κ1) is 17.0. The van der Waals surface area contributed by atoms with Gasteiger partial charge in [-0.15, -0.1) is 0 Å². The van der Waals surface area contributed by atoms with E-state index in [-0.39, 0.29) is 18.3 Å². The average Bonchev–Trinajstić information content (AvgIpc) is 2.26. The van der Waals surface area contributed by atoms with E-state index in [1.54, 1.807) is 0 Å². The van der Waals surface area contributed by atoms with Gasteiger partial charge in [-0.1, -0.05) is 0 Å². The normalized spacial score (nSPS) is 14.9. The SMILES string of the molecule is CNC(CCOP(=O)(O)O)CC(C)(NC)NC. The van der Waals surface area contributed by atoms with Crippen molar-refractivity contribution < 1.29 is 18.9 Å². The van der Waals surface area contributed by atoms with Gasteiger partial charge in [-0.2, -0.15) is 0 Å². The highest BCUT2D eigenvalue weighted by Gasteiger charge is 2.24. The van der Waals surface area contributed by atoms with Crippen molar-refractivity contribution in [2.75, 3.05) is 27.7 Å². The zero-order chi connectivity index (χ0) is 13.5. The van der Waals surface area contributed by atoms with Crippen LogP contribution in [0.25, 0.3) is 0 Å². The zero-order valence-electron chi connectivity index (χ0n) is 10.9. The Labute approximate surface area is 103 Å². The van der Waals surface area contributed by atoms with Gasteiger partial charge in [-0.05, 0) is 40.9 Å². The van der Waals surface area contributed by atoms with Crippen LogP contribution in [0.2, 0.25) is 0 Å². The molecule has 0 aromatic rings. The Bertz CT molecular complexity index is 255. The molecule has 1 unspecified atom stereocenters. The fraction of sp³-hybridized carbons (Fsp3) is 1.00. The smallest absolute Gasteiger partial charge is 0.317 e. The molecule has 0 aliphatic heterocycles. The van der Waals surface area contributed by atoms with E-state index in [1.807, 2.05) is 28.1 Å². The molecule has 0 heterocycles. The summed E-state index contributed by atoms with van der Waals surface area (Å²) in [6.45, 7) is 2.04. The molecule has 0 bridgehead atoms. The molecular weight excluding hydrogens is 245 g/mol. The summed E-state index contributed by atoms with van der Waals surface area (Å²) in [5, 5.41) is 9.41. The topological polar surface area (TPSA) is 103 Å². The molecule has 0 aromatic heterocycles. The van der Waals surface area contributed by atoms with Crippen LogP contribution in [0.1, 0.15) is 19.8 Å². The van der Waals surface area contributed by atoms with Crippen molar-refractivity contribution >= 4 is 7.82 Å². The monoisotopic (exact) mass is 269 g/mol. The van der Waals surface area contributed by atoms with Gasteiger partial charge in [0.25, 0.3) is 0 Å². The number of phosphoric acid groups is 1. The molecule has 0 aromatic carbocycles.